The Morgan fingerprint density at radius 3 is 2.23 bits per heavy atom. The number of carbonyl (C=O) groups is 1. The molecular weight excluding hydrogens is 191 g/mol. The molecule has 0 bridgehead atoms. The third-order valence-corrected chi connectivity index (χ3v) is 1.90. The standard InChI is InChI=1S/C6H10O5S.Li.H/c1-4-12(8,9)11-10-6(7)5(2)3;;/h2,4H2,1,3H3;;. The SMILES string of the molecule is C=C(C)C(=O)OOS(=O)(=O)CC.[LiH]. The summed E-state index contributed by atoms with van der Waals surface area (Å²) >= 11 is 0. The number of carbonyl (C=O) groups excluding carboxylic acids is 1. The van der Waals surface area contributed by atoms with Crippen LogP contribution in [0.5, 0.6) is 0 Å². The van der Waals surface area contributed by atoms with Gasteiger partial charge >= 0.3 is 34.9 Å². The molecule has 0 N–H and O–H groups in total. The molecule has 0 aliphatic rings. The summed E-state index contributed by atoms with van der Waals surface area (Å²) in [5, 5.41) is 0. The summed E-state index contributed by atoms with van der Waals surface area (Å²) in [6.45, 7) is 5.98. The van der Waals surface area contributed by atoms with Gasteiger partial charge in [0, 0.05) is 5.57 Å². The van der Waals surface area contributed by atoms with E-state index in [4.69, 9.17) is 0 Å². The third-order valence-electron chi connectivity index (χ3n) is 0.915. The van der Waals surface area contributed by atoms with Crippen molar-refractivity contribution in [1.29, 1.82) is 0 Å². The first-order valence-electron chi connectivity index (χ1n) is 3.17. The van der Waals surface area contributed by atoms with Gasteiger partial charge in [0.1, 0.15) is 0 Å². The Hall–Kier alpha value is -0.283. The predicted octanol–water partition coefficient (Wildman–Crippen LogP) is -0.262. The summed E-state index contributed by atoms with van der Waals surface area (Å²) in [4.78, 5) is 14.5. The molecule has 0 aliphatic heterocycles. The molecule has 5 nitrogen and oxygen atoms in total. The van der Waals surface area contributed by atoms with Crippen LogP contribution in [0.25, 0.3) is 0 Å². The van der Waals surface area contributed by atoms with Gasteiger partial charge in [0.15, 0.2) is 0 Å². The molecule has 0 spiro atoms. The number of rotatable bonds is 4. The van der Waals surface area contributed by atoms with Gasteiger partial charge in [-0.25, -0.2) is 4.79 Å². The Morgan fingerprint density at radius 1 is 1.46 bits per heavy atom. The fourth-order valence-corrected chi connectivity index (χ4v) is 0.464. The van der Waals surface area contributed by atoms with Crippen molar-refractivity contribution in [3.8, 4) is 0 Å². The van der Waals surface area contributed by atoms with Crippen molar-refractivity contribution in [3.63, 3.8) is 0 Å². The van der Waals surface area contributed by atoms with Crippen LogP contribution in [0.1, 0.15) is 13.8 Å². The van der Waals surface area contributed by atoms with Crippen LogP contribution < -0.4 is 0 Å². The van der Waals surface area contributed by atoms with Gasteiger partial charge in [-0.1, -0.05) is 10.9 Å². The van der Waals surface area contributed by atoms with E-state index < -0.39 is 16.1 Å². The predicted molar refractivity (Wildman–Crippen MR) is 48.6 cm³/mol. The number of hydrogen-bond donors (Lipinski definition) is 0. The molecule has 0 radical (unpaired) electrons. The molecule has 7 heteroatoms. The molecule has 0 saturated heterocycles. The van der Waals surface area contributed by atoms with Crippen molar-refractivity contribution in [2.45, 2.75) is 13.8 Å². The molecular formula is C6H11LiO5S. The van der Waals surface area contributed by atoms with E-state index in [9.17, 15) is 13.2 Å². The average molecular weight is 202 g/mol. The van der Waals surface area contributed by atoms with Crippen LogP contribution in [0.4, 0.5) is 0 Å². The molecule has 0 aromatic carbocycles. The average Bonchev–Trinajstić information content (AvgIpc) is 2.00. The molecule has 0 unspecified atom stereocenters. The van der Waals surface area contributed by atoms with Gasteiger partial charge < -0.3 is 0 Å². The van der Waals surface area contributed by atoms with Crippen LogP contribution in [0, 0.1) is 0 Å². The van der Waals surface area contributed by atoms with Crippen LogP contribution in [-0.2, 0) is 24.1 Å². The zero-order valence-electron chi connectivity index (χ0n) is 6.86. The zero-order valence-corrected chi connectivity index (χ0v) is 7.68. The topological polar surface area (TPSA) is 69.7 Å². The van der Waals surface area contributed by atoms with E-state index in [0.717, 1.165) is 0 Å². The normalized spacial score (nSPS) is 10.0. The van der Waals surface area contributed by atoms with Gasteiger partial charge in [-0.2, -0.15) is 8.42 Å². The first-order chi connectivity index (χ1) is 5.39. The molecule has 13 heavy (non-hydrogen) atoms. The minimum absolute atomic E-state index is 0. The van der Waals surface area contributed by atoms with E-state index in [0.29, 0.717) is 0 Å². The Morgan fingerprint density at radius 2 is 1.92 bits per heavy atom. The Bertz CT molecular complexity index is 281. The minimum atomic E-state index is -3.73. The monoisotopic (exact) mass is 202 g/mol. The maximum atomic E-state index is 10.6. The molecule has 0 amide bonds. The molecule has 0 saturated carbocycles. The summed E-state index contributed by atoms with van der Waals surface area (Å²) in [7, 11) is -3.73. The second kappa shape index (κ2) is 6.21. The summed E-state index contributed by atoms with van der Waals surface area (Å²) in [6.07, 6.45) is 0. The van der Waals surface area contributed by atoms with Gasteiger partial charge in [0.25, 0.3) is 0 Å². The van der Waals surface area contributed by atoms with Gasteiger partial charge in [-0.15, -0.1) is 0 Å². The Kier molecular flexibility index (Phi) is 7.27. The molecule has 0 rings (SSSR count). The molecule has 0 fully saturated rings. The van der Waals surface area contributed by atoms with Crippen molar-refractivity contribution in [3.05, 3.63) is 12.2 Å². The van der Waals surface area contributed by atoms with Crippen molar-refractivity contribution in [2.24, 2.45) is 0 Å². The van der Waals surface area contributed by atoms with Crippen molar-refractivity contribution in [2.75, 3.05) is 5.75 Å². The van der Waals surface area contributed by atoms with Crippen LogP contribution in [0.15, 0.2) is 12.2 Å². The van der Waals surface area contributed by atoms with Crippen LogP contribution in [0.2, 0.25) is 0 Å². The molecule has 0 aliphatic carbocycles. The van der Waals surface area contributed by atoms with Crippen molar-refractivity contribution >= 4 is 34.9 Å². The van der Waals surface area contributed by atoms with Gasteiger partial charge in [-0.05, 0) is 13.8 Å². The third kappa shape index (κ3) is 6.84. The van der Waals surface area contributed by atoms with E-state index >= 15 is 0 Å². The zero-order chi connectivity index (χ0) is 9.78. The van der Waals surface area contributed by atoms with Gasteiger partial charge in [0.05, 0.1) is 5.75 Å². The fourth-order valence-electron chi connectivity index (χ4n) is 0.202. The first-order valence-corrected chi connectivity index (χ1v) is 4.75. The Balaban J connectivity index is 0. The van der Waals surface area contributed by atoms with Gasteiger partial charge in [0.2, 0.25) is 0 Å². The molecule has 0 heterocycles. The quantitative estimate of drug-likeness (QED) is 0.272. The Labute approximate surface area is 89.3 Å². The van der Waals surface area contributed by atoms with E-state index in [2.05, 4.69) is 15.8 Å². The summed E-state index contributed by atoms with van der Waals surface area (Å²) in [5.41, 5.74) is 0.0707. The molecule has 0 aromatic rings. The number of hydrogen-bond acceptors (Lipinski definition) is 5. The summed E-state index contributed by atoms with van der Waals surface area (Å²) in [5.74, 6) is -1.15. The van der Waals surface area contributed by atoms with E-state index in [1.807, 2.05) is 0 Å². The van der Waals surface area contributed by atoms with E-state index in [-0.39, 0.29) is 30.2 Å². The second-order valence-corrected chi connectivity index (χ2v) is 3.89. The van der Waals surface area contributed by atoms with Gasteiger partial charge in [-0.3, -0.25) is 4.89 Å². The molecule has 0 atom stereocenters. The van der Waals surface area contributed by atoms with Crippen LogP contribution in [0.3, 0.4) is 0 Å². The van der Waals surface area contributed by atoms with Crippen LogP contribution >= 0.6 is 0 Å². The van der Waals surface area contributed by atoms with E-state index in [1.54, 1.807) is 0 Å². The van der Waals surface area contributed by atoms with Crippen molar-refractivity contribution in [1.82, 2.24) is 0 Å². The van der Waals surface area contributed by atoms with Crippen LogP contribution in [-0.4, -0.2) is 39.0 Å². The summed E-state index contributed by atoms with van der Waals surface area (Å²) < 4.78 is 25.1. The fraction of sp³-hybridized carbons (Fsp3) is 0.500. The molecule has 72 valence electrons. The van der Waals surface area contributed by atoms with E-state index in [1.165, 1.54) is 13.8 Å². The second-order valence-electron chi connectivity index (χ2n) is 2.07. The van der Waals surface area contributed by atoms with Crippen molar-refractivity contribution < 1.29 is 22.4 Å². The first kappa shape index (κ1) is 15.2. The maximum absolute atomic E-state index is 10.6. The molecule has 0 aromatic heterocycles. The summed E-state index contributed by atoms with van der Waals surface area (Å²) in [6, 6.07) is 0.